The fraction of sp³-hybridized carbons (Fsp3) is 0.227. The van der Waals surface area contributed by atoms with Crippen LogP contribution >= 0.6 is 11.3 Å². The molecule has 0 aliphatic heterocycles. The monoisotopic (exact) mass is 469 g/mol. The molecule has 2 aromatic heterocycles. The van der Waals surface area contributed by atoms with E-state index in [1.807, 2.05) is 34.2 Å². The Morgan fingerprint density at radius 1 is 1.09 bits per heavy atom. The minimum Gasteiger partial charge on any atom is -0.325 e. The van der Waals surface area contributed by atoms with Gasteiger partial charge in [-0.05, 0) is 36.4 Å². The molecule has 32 heavy (non-hydrogen) atoms. The number of nitrogens with one attached hydrogen (secondary N) is 1. The van der Waals surface area contributed by atoms with Crippen molar-refractivity contribution in [3.63, 3.8) is 0 Å². The summed E-state index contributed by atoms with van der Waals surface area (Å²) in [6, 6.07) is 13.8. The van der Waals surface area contributed by atoms with Crippen LogP contribution in [0.3, 0.4) is 0 Å². The summed E-state index contributed by atoms with van der Waals surface area (Å²) < 4.78 is 28.5. The van der Waals surface area contributed by atoms with Crippen LogP contribution in [0.1, 0.15) is 13.8 Å². The Balaban J connectivity index is 1.55. The SMILES string of the molecule is CCN(CC)S(=O)(=O)c1ccc(NC(=O)Cn2c(-c3cscn3)nc3ccccc32)cc1. The zero-order chi connectivity index (χ0) is 22.7. The Kier molecular flexibility index (Phi) is 6.35. The van der Waals surface area contributed by atoms with E-state index < -0.39 is 10.0 Å². The topological polar surface area (TPSA) is 97.2 Å². The summed E-state index contributed by atoms with van der Waals surface area (Å²) in [6.07, 6.45) is 0. The van der Waals surface area contributed by atoms with Crippen molar-refractivity contribution in [2.75, 3.05) is 18.4 Å². The molecule has 0 radical (unpaired) electrons. The molecular weight excluding hydrogens is 446 g/mol. The quantitative estimate of drug-likeness (QED) is 0.423. The van der Waals surface area contributed by atoms with Crippen LogP contribution in [0.25, 0.3) is 22.6 Å². The van der Waals surface area contributed by atoms with E-state index in [9.17, 15) is 13.2 Å². The lowest BCUT2D eigenvalue weighted by molar-refractivity contribution is -0.116. The van der Waals surface area contributed by atoms with Crippen LogP contribution in [0.4, 0.5) is 5.69 Å². The lowest BCUT2D eigenvalue weighted by Crippen LogP contribution is -2.30. The maximum Gasteiger partial charge on any atom is 0.244 e. The van der Waals surface area contributed by atoms with Crippen LogP contribution < -0.4 is 5.32 Å². The van der Waals surface area contributed by atoms with Gasteiger partial charge < -0.3 is 9.88 Å². The summed E-state index contributed by atoms with van der Waals surface area (Å²) in [5.74, 6) is 0.382. The van der Waals surface area contributed by atoms with E-state index in [1.54, 1.807) is 31.5 Å². The normalized spacial score (nSPS) is 11.8. The molecule has 0 aliphatic carbocycles. The number of carbonyl (C=O) groups excluding carboxylic acids is 1. The first kappa shape index (κ1) is 22.1. The van der Waals surface area contributed by atoms with Crippen LogP contribution in [0.5, 0.6) is 0 Å². The standard InChI is InChI=1S/C22H23N5O3S2/c1-3-26(4-2)32(29,30)17-11-9-16(10-12-17)24-21(28)13-27-20-8-6-5-7-18(20)25-22(27)19-14-31-15-23-19/h5-12,14-15H,3-4,13H2,1-2H3,(H,24,28). The summed E-state index contributed by atoms with van der Waals surface area (Å²) in [5, 5.41) is 4.73. The fourth-order valence-electron chi connectivity index (χ4n) is 3.52. The highest BCUT2D eigenvalue weighted by Crippen LogP contribution is 2.25. The number of para-hydroxylation sites is 2. The Labute approximate surface area is 190 Å². The summed E-state index contributed by atoms with van der Waals surface area (Å²) in [5.41, 5.74) is 4.59. The molecule has 0 fully saturated rings. The maximum atomic E-state index is 12.8. The molecule has 0 saturated carbocycles. The summed E-state index contributed by atoms with van der Waals surface area (Å²) in [7, 11) is -3.54. The highest BCUT2D eigenvalue weighted by Gasteiger charge is 2.21. The minimum absolute atomic E-state index is 0.0485. The number of hydrogen-bond acceptors (Lipinski definition) is 6. The van der Waals surface area contributed by atoms with Crippen molar-refractivity contribution in [1.29, 1.82) is 0 Å². The van der Waals surface area contributed by atoms with Crippen LogP contribution in [0.15, 0.2) is 64.3 Å². The number of amides is 1. The van der Waals surface area contributed by atoms with E-state index in [0.29, 0.717) is 30.3 Å². The van der Waals surface area contributed by atoms with Crippen LogP contribution in [-0.2, 0) is 21.4 Å². The van der Waals surface area contributed by atoms with Crippen molar-refractivity contribution >= 4 is 44.0 Å². The molecule has 0 unspecified atom stereocenters. The number of fused-ring (bicyclic) bond motifs is 1. The average Bonchev–Trinajstić information content (AvgIpc) is 3.43. The van der Waals surface area contributed by atoms with E-state index in [2.05, 4.69) is 15.3 Å². The highest BCUT2D eigenvalue weighted by atomic mass is 32.2. The van der Waals surface area contributed by atoms with Gasteiger partial charge in [0.15, 0.2) is 5.82 Å². The second-order valence-corrected chi connectivity index (χ2v) is 9.70. The van der Waals surface area contributed by atoms with Crippen LogP contribution in [0.2, 0.25) is 0 Å². The summed E-state index contributed by atoms with van der Waals surface area (Å²) in [6.45, 7) is 4.45. The molecule has 2 aromatic carbocycles. The second kappa shape index (κ2) is 9.19. The first-order chi connectivity index (χ1) is 15.4. The lowest BCUT2D eigenvalue weighted by Gasteiger charge is -2.18. The molecular formula is C22H23N5O3S2. The molecule has 0 atom stereocenters. The number of benzene rings is 2. The van der Waals surface area contributed by atoms with Crippen molar-refractivity contribution in [2.45, 2.75) is 25.3 Å². The van der Waals surface area contributed by atoms with Gasteiger partial charge in [0.2, 0.25) is 15.9 Å². The average molecular weight is 470 g/mol. The largest absolute Gasteiger partial charge is 0.325 e. The number of imidazole rings is 1. The van der Waals surface area contributed by atoms with E-state index in [4.69, 9.17) is 0 Å². The fourth-order valence-corrected chi connectivity index (χ4v) is 5.51. The van der Waals surface area contributed by atoms with E-state index >= 15 is 0 Å². The Morgan fingerprint density at radius 3 is 2.47 bits per heavy atom. The smallest absolute Gasteiger partial charge is 0.244 e. The van der Waals surface area contributed by atoms with Crippen LogP contribution in [-0.4, -0.2) is 46.3 Å². The van der Waals surface area contributed by atoms with Gasteiger partial charge in [-0.2, -0.15) is 4.31 Å². The number of rotatable bonds is 8. The van der Waals surface area contributed by atoms with E-state index in [-0.39, 0.29) is 17.3 Å². The number of carbonyl (C=O) groups is 1. The van der Waals surface area contributed by atoms with Crippen LogP contribution in [0, 0.1) is 0 Å². The molecule has 8 nitrogen and oxygen atoms in total. The van der Waals surface area contributed by atoms with Gasteiger partial charge in [-0.25, -0.2) is 18.4 Å². The number of nitrogens with zero attached hydrogens (tertiary/aromatic N) is 4. The molecule has 2 heterocycles. The molecule has 10 heteroatoms. The third-order valence-corrected chi connectivity index (χ3v) is 7.75. The number of aromatic nitrogens is 3. The van der Waals surface area contributed by atoms with E-state index in [0.717, 1.165) is 11.0 Å². The molecule has 0 bridgehead atoms. The lowest BCUT2D eigenvalue weighted by atomic mass is 10.3. The molecule has 0 spiro atoms. The molecule has 4 rings (SSSR count). The molecule has 1 amide bonds. The van der Waals surface area contributed by atoms with Crippen molar-refractivity contribution in [3.05, 3.63) is 59.4 Å². The summed E-state index contributed by atoms with van der Waals surface area (Å²) >= 11 is 1.47. The van der Waals surface area contributed by atoms with Gasteiger partial charge >= 0.3 is 0 Å². The molecule has 1 N–H and O–H groups in total. The third kappa shape index (κ3) is 4.29. The van der Waals surface area contributed by atoms with Crippen molar-refractivity contribution in [2.24, 2.45) is 0 Å². The predicted octanol–water partition coefficient (Wildman–Crippen LogP) is 3.83. The van der Waals surface area contributed by atoms with Crippen molar-refractivity contribution in [3.8, 4) is 11.5 Å². The second-order valence-electron chi connectivity index (χ2n) is 7.05. The number of hydrogen-bond donors (Lipinski definition) is 1. The number of anilines is 1. The van der Waals surface area contributed by atoms with Gasteiger partial charge in [0.25, 0.3) is 0 Å². The predicted molar refractivity (Wildman–Crippen MR) is 126 cm³/mol. The first-order valence-electron chi connectivity index (χ1n) is 10.2. The van der Waals surface area contributed by atoms with Gasteiger partial charge in [-0.15, -0.1) is 11.3 Å². The maximum absolute atomic E-state index is 12.8. The zero-order valence-electron chi connectivity index (χ0n) is 17.7. The van der Waals surface area contributed by atoms with Crippen molar-refractivity contribution < 1.29 is 13.2 Å². The number of sulfonamides is 1. The van der Waals surface area contributed by atoms with Crippen molar-refractivity contribution in [1.82, 2.24) is 18.8 Å². The molecule has 0 aliphatic rings. The highest BCUT2D eigenvalue weighted by molar-refractivity contribution is 7.89. The minimum atomic E-state index is -3.54. The Hall–Kier alpha value is -3.08. The van der Waals surface area contributed by atoms with Gasteiger partial charge in [-0.3, -0.25) is 4.79 Å². The molecule has 166 valence electrons. The third-order valence-electron chi connectivity index (χ3n) is 5.10. The molecule has 0 saturated heterocycles. The molecule has 4 aromatic rings. The van der Waals surface area contributed by atoms with E-state index in [1.165, 1.54) is 27.8 Å². The Morgan fingerprint density at radius 2 is 1.81 bits per heavy atom. The van der Waals surface area contributed by atoms with Gasteiger partial charge in [0, 0.05) is 24.2 Å². The van der Waals surface area contributed by atoms with Gasteiger partial charge in [-0.1, -0.05) is 26.0 Å². The summed E-state index contributed by atoms with van der Waals surface area (Å²) in [4.78, 5) is 22.0. The number of thiazole rings is 1. The Bertz CT molecular complexity index is 1330. The van der Waals surface area contributed by atoms with Gasteiger partial charge in [0.1, 0.15) is 12.2 Å². The first-order valence-corrected chi connectivity index (χ1v) is 12.6. The zero-order valence-corrected chi connectivity index (χ0v) is 19.4. The van der Waals surface area contributed by atoms with Gasteiger partial charge in [0.05, 0.1) is 21.4 Å².